The van der Waals surface area contributed by atoms with Crippen LogP contribution in [0.25, 0.3) is 0 Å². The Morgan fingerprint density at radius 1 is 0.684 bits per heavy atom. The minimum absolute atomic E-state index is 0.356. The van der Waals surface area contributed by atoms with Crippen LogP contribution in [0.2, 0.25) is 0 Å². The fourth-order valence-electron chi connectivity index (χ4n) is 1.92. The van der Waals surface area contributed by atoms with E-state index in [0.717, 1.165) is 6.42 Å². The third-order valence-corrected chi connectivity index (χ3v) is 3.21. The monoisotopic (exact) mass is 264 g/mol. The van der Waals surface area contributed by atoms with Gasteiger partial charge >= 0.3 is 0 Å². The standard InChI is InChI=1S/C11H16O.C7H16/c1-2-3-4-5-10-6-8-11(12)9-7-10;1-3-5-7-6-4-2/h6-9,12H,2-5H2,1H3;3-7H2,1-2H3. The number of hydrogen-bond acceptors (Lipinski definition) is 1. The van der Waals surface area contributed by atoms with Gasteiger partial charge in [-0.1, -0.05) is 77.8 Å². The normalized spacial score (nSPS) is 9.84. The van der Waals surface area contributed by atoms with Gasteiger partial charge in [-0.05, 0) is 30.5 Å². The van der Waals surface area contributed by atoms with E-state index < -0.39 is 0 Å². The molecule has 1 aromatic rings. The van der Waals surface area contributed by atoms with E-state index in [4.69, 9.17) is 5.11 Å². The predicted octanol–water partition coefficient (Wildman–Crippen LogP) is 6.10. The van der Waals surface area contributed by atoms with E-state index >= 15 is 0 Å². The van der Waals surface area contributed by atoms with E-state index in [1.165, 1.54) is 56.9 Å². The number of rotatable bonds is 8. The molecule has 1 heteroatoms. The number of aryl methyl sites for hydroxylation is 1. The average molecular weight is 264 g/mol. The van der Waals surface area contributed by atoms with Gasteiger partial charge in [-0.15, -0.1) is 0 Å². The summed E-state index contributed by atoms with van der Waals surface area (Å²) in [5, 5.41) is 9.03. The lowest BCUT2D eigenvalue weighted by atomic mass is 10.1. The van der Waals surface area contributed by atoms with Crippen LogP contribution in [0.1, 0.15) is 77.7 Å². The molecule has 0 heterocycles. The highest BCUT2D eigenvalue weighted by Crippen LogP contribution is 2.12. The first-order valence-corrected chi connectivity index (χ1v) is 8.02. The van der Waals surface area contributed by atoms with Crippen molar-refractivity contribution in [1.29, 1.82) is 0 Å². The Bertz CT molecular complexity index is 272. The number of benzene rings is 1. The lowest BCUT2D eigenvalue weighted by Gasteiger charge is -1.99. The van der Waals surface area contributed by atoms with Crippen LogP contribution in [0.3, 0.4) is 0 Å². The van der Waals surface area contributed by atoms with Crippen molar-refractivity contribution in [1.82, 2.24) is 0 Å². The first-order chi connectivity index (χ1) is 9.24. The fraction of sp³-hybridized carbons (Fsp3) is 0.667. The van der Waals surface area contributed by atoms with Crippen molar-refractivity contribution in [3.8, 4) is 5.75 Å². The number of phenols is 1. The molecule has 0 aliphatic heterocycles. The molecule has 0 fully saturated rings. The summed E-state index contributed by atoms with van der Waals surface area (Å²) >= 11 is 0. The number of hydrogen-bond donors (Lipinski definition) is 1. The summed E-state index contributed by atoms with van der Waals surface area (Å²) in [4.78, 5) is 0. The summed E-state index contributed by atoms with van der Waals surface area (Å²) in [6.45, 7) is 6.70. The van der Waals surface area contributed by atoms with Gasteiger partial charge in [0.05, 0.1) is 0 Å². The van der Waals surface area contributed by atoms with Gasteiger partial charge in [-0.2, -0.15) is 0 Å². The molecule has 0 amide bonds. The predicted molar refractivity (Wildman–Crippen MR) is 85.8 cm³/mol. The number of phenolic OH excluding ortho intramolecular Hbond substituents is 1. The second-order valence-electron chi connectivity index (χ2n) is 5.18. The number of aromatic hydroxyl groups is 1. The maximum absolute atomic E-state index is 9.03. The molecule has 0 spiro atoms. The van der Waals surface area contributed by atoms with Gasteiger partial charge in [0.25, 0.3) is 0 Å². The van der Waals surface area contributed by atoms with E-state index in [9.17, 15) is 0 Å². The summed E-state index contributed by atoms with van der Waals surface area (Å²) < 4.78 is 0. The average Bonchev–Trinajstić information content (AvgIpc) is 2.43. The molecule has 1 rings (SSSR count). The van der Waals surface area contributed by atoms with Crippen LogP contribution >= 0.6 is 0 Å². The van der Waals surface area contributed by atoms with Gasteiger partial charge < -0.3 is 5.11 Å². The molecule has 0 aliphatic carbocycles. The Morgan fingerprint density at radius 2 is 1.16 bits per heavy atom. The van der Waals surface area contributed by atoms with Crippen LogP contribution in [0, 0.1) is 0 Å². The molecule has 0 aromatic heterocycles. The van der Waals surface area contributed by atoms with Gasteiger partial charge in [0.2, 0.25) is 0 Å². The SMILES string of the molecule is CCCCCCC.CCCCCc1ccc(O)cc1. The highest BCUT2D eigenvalue weighted by molar-refractivity contribution is 5.25. The van der Waals surface area contributed by atoms with Gasteiger partial charge in [0.15, 0.2) is 0 Å². The minimum atomic E-state index is 0.356. The topological polar surface area (TPSA) is 20.2 Å². The molecule has 0 unspecified atom stereocenters. The molecule has 1 N–H and O–H groups in total. The molecular formula is C18H32O. The zero-order valence-electron chi connectivity index (χ0n) is 13.1. The molecule has 0 radical (unpaired) electrons. The van der Waals surface area contributed by atoms with Crippen molar-refractivity contribution in [2.45, 2.75) is 78.6 Å². The Kier molecular flexibility index (Phi) is 12.8. The molecule has 1 nitrogen and oxygen atoms in total. The van der Waals surface area contributed by atoms with Crippen LogP contribution in [0.4, 0.5) is 0 Å². The summed E-state index contributed by atoms with van der Waals surface area (Å²) in [5.41, 5.74) is 1.32. The molecule has 19 heavy (non-hydrogen) atoms. The van der Waals surface area contributed by atoms with E-state index in [-0.39, 0.29) is 0 Å². The Morgan fingerprint density at radius 3 is 1.63 bits per heavy atom. The van der Waals surface area contributed by atoms with E-state index in [0.29, 0.717) is 5.75 Å². The minimum Gasteiger partial charge on any atom is -0.508 e. The van der Waals surface area contributed by atoms with Gasteiger partial charge in [0, 0.05) is 0 Å². The molecule has 0 atom stereocenters. The first kappa shape index (κ1) is 18.0. The maximum atomic E-state index is 9.03. The van der Waals surface area contributed by atoms with Crippen LogP contribution in [0.15, 0.2) is 24.3 Å². The summed E-state index contributed by atoms with van der Waals surface area (Å²) in [6, 6.07) is 7.48. The molecule has 0 saturated heterocycles. The second kappa shape index (κ2) is 13.5. The molecule has 0 aliphatic rings. The van der Waals surface area contributed by atoms with Crippen LogP contribution in [-0.4, -0.2) is 5.11 Å². The highest BCUT2D eigenvalue weighted by atomic mass is 16.3. The fourth-order valence-corrected chi connectivity index (χ4v) is 1.92. The smallest absolute Gasteiger partial charge is 0.115 e. The van der Waals surface area contributed by atoms with E-state index in [1.54, 1.807) is 12.1 Å². The van der Waals surface area contributed by atoms with Crippen LogP contribution in [0.5, 0.6) is 5.75 Å². The molecule has 110 valence electrons. The zero-order chi connectivity index (χ0) is 14.3. The summed E-state index contributed by atoms with van der Waals surface area (Å²) in [6.07, 6.45) is 11.9. The Balaban J connectivity index is 0.000000399. The van der Waals surface area contributed by atoms with E-state index in [2.05, 4.69) is 20.8 Å². The van der Waals surface area contributed by atoms with Gasteiger partial charge in [-0.3, -0.25) is 0 Å². The van der Waals surface area contributed by atoms with Crippen molar-refractivity contribution in [3.05, 3.63) is 29.8 Å². The molecule has 0 bridgehead atoms. The lowest BCUT2D eigenvalue weighted by molar-refractivity contribution is 0.475. The Labute approximate surface area is 120 Å². The van der Waals surface area contributed by atoms with Gasteiger partial charge in [-0.25, -0.2) is 0 Å². The zero-order valence-corrected chi connectivity index (χ0v) is 13.1. The quantitative estimate of drug-likeness (QED) is 0.562. The van der Waals surface area contributed by atoms with Crippen molar-refractivity contribution in [2.75, 3.05) is 0 Å². The molecule has 1 aromatic carbocycles. The van der Waals surface area contributed by atoms with Crippen molar-refractivity contribution in [3.63, 3.8) is 0 Å². The second-order valence-corrected chi connectivity index (χ2v) is 5.18. The van der Waals surface area contributed by atoms with Gasteiger partial charge in [0.1, 0.15) is 5.75 Å². The van der Waals surface area contributed by atoms with Crippen molar-refractivity contribution in [2.24, 2.45) is 0 Å². The lowest BCUT2D eigenvalue weighted by Crippen LogP contribution is -1.83. The van der Waals surface area contributed by atoms with Crippen molar-refractivity contribution >= 4 is 0 Å². The maximum Gasteiger partial charge on any atom is 0.115 e. The largest absolute Gasteiger partial charge is 0.508 e. The summed E-state index contributed by atoms with van der Waals surface area (Å²) in [5.74, 6) is 0.356. The third kappa shape index (κ3) is 11.8. The van der Waals surface area contributed by atoms with Crippen LogP contribution in [-0.2, 0) is 6.42 Å². The first-order valence-electron chi connectivity index (χ1n) is 8.02. The van der Waals surface area contributed by atoms with Crippen LogP contribution < -0.4 is 0 Å². The number of unbranched alkanes of at least 4 members (excludes halogenated alkanes) is 6. The Hall–Kier alpha value is -0.980. The molecular weight excluding hydrogens is 232 g/mol. The van der Waals surface area contributed by atoms with Crippen molar-refractivity contribution < 1.29 is 5.11 Å². The highest BCUT2D eigenvalue weighted by Gasteiger charge is 1.92. The molecule has 0 saturated carbocycles. The summed E-state index contributed by atoms with van der Waals surface area (Å²) in [7, 11) is 0. The third-order valence-electron chi connectivity index (χ3n) is 3.21. The van der Waals surface area contributed by atoms with E-state index in [1.807, 2.05) is 12.1 Å².